The van der Waals surface area contributed by atoms with E-state index in [1.165, 1.54) is 12.1 Å². The van der Waals surface area contributed by atoms with Crippen LogP contribution in [0.5, 0.6) is 0 Å². The zero-order valence-electron chi connectivity index (χ0n) is 9.14. The van der Waals surface area contributed by atoms with Gasteiger partial charge in [-0.2, -0.15) is 0 Å². The number of benzene rings is 1. The van der Waals surface area contributed by atoms with Crippen LogP contribution in [0.4, 0.5) is 17.1 Å². The molecule has 0 heterocycles. The Balaban J connectivity index is 2.11. The molecule has 3 N–H and O–H groups in total. The third-order valence-electron chi connectivity index (χ3n) is 2.90. The molecule has 0 atom stereocenters. The Hall–Kier alpha value is -1.78. The maximum atomic E-state index is 10.6. The summed E-state index contributed by atoms with van der Waals surface area (Å²) in [6.45, 7) is 2.19. The summed E-state index contributed by atoms with van der Waals surface area (Å²) < 4.78 is 0. The van der Waals surface area contributed by atoms with Crippen molar-refractivity contribution in [2.75, 3.05) is 11.1 Å². The molecule has 0 spiro atoms. The van der Waals surface area contributed by atoms with Crippen LogP contribution >= 0.6 is 0 Å². The minimum atomic E-state index is -0.426. The van der Waals surface area contributed by atoms with Crippen LogP contribution in [0.3, 0.4) is 0 Å². The van der Waals surface area contributed by atoms with Crippen LogP contribution < -0.4 is 11.1 Å². The summed E-state index contributed by atoms with van der Waals surface area (Å²) in [6.07, 6.45) is 2.23. The molecule has 5 nitrogen and oxygen atoms in total. The van der Waals surface area contributed by atoms with Crippen molar-refractivity contribution in [1.29, 1.82) is 0 Å². The summed E-state index contributed by atoms with van der Waals surface area (Å²) in [5, 5.41) is 13.9. The second-order valence-corrected chi connectivity index (χ2v) is 4.49. The lowest BCUT2D eigenvalue weighted by atomic mass is 9.82. The van der Waals surface area contributed by atoms with E-state index < -0.39 is 4.92 Å². The number of rotatable bonds is 3. The van der Waals surface area contributed by atoms with Gasteiger partial charge in [0.05, 0.1) is 4.92 Å². The van der Waals surface area contributed by atoms with Crippen LogP contribution in [0.1, 0.15) is 19.8 Å². The first-order valence-electron chi connectivity index (χ1n) is 5.36. The molecule has 1 saturated carbocycles. The van der Waals surface area contributed by atoms with Gasteiger partial charge < -0.3 is 11.1 Å². The quantitative estimate of drug-likeness (QED) is 0.466. The number of nitro groups is 1. The Morgan fingerprint density at radius 2 is 2.12 bits per heavy atom. The number of non-ortho nitro benzene ring substituents is 1. The Bertz CT molecular complexity index is 414. The van der Waals surface area contributed by atoms with Gasteiger partial charge in [-0.15, -0.1) is 0 Å². The van der Waals surface area contributed by atoms with Gasteiger partial charge in [-0.25, -0.2) is 0 Å². The Kier molecular flexibility index (Phi) is 2.68. The molecule has 0 radical (unpaired) electrons. The fourth-order valence-electron chi connectivity index (χ4n) is 2.08. The van der Waals surface area contributed by atoms with Crippen molar-refractivity contribution in [3.05, 3.63) is 28.3 Å². The largest absolute Gasteiger partial charge is 0.398 e. The number of nitrogens with one attached hydrogen (secondary N) is 1. The van der Waals surface area contributed by atoms with Crippen LogP contribution in [-0.4, -0.2) is 11.0 Å². The van der Waals surface area contributed by atoms with Gasteiger partial charge >= 0.3 is 0 Å². The van der Waals surface area contributed by atoms with E-state index in [0.717, 1.165) is 24.4 Å². The number of nitrogens with two attached hydrogens (primary N) is 1. The van der Waals surface area contributed by atoms with Gasteiger partial charge in [-0.3, -0.25) is 10.1 Å². The lowest BCUT2D eigenvalue weighted by molar-refractivity contribution is -0.384. The van der Waals surface area contributed by atoms with Gasteiger partial charge in [0.15, 0.2) is 0 Å². The molecule has 1 aromatic rings. The van der Waals surface area contributed by atoms with E-state index in [0.29, 0.717) is 11.7 Å². The number of hydrogen-bond donors (Lipinski definition) is 2. The molecule has 0 aliphatic heterocycles. The Morgan fingerprint density at radius 3 is 2.69 bits per heavy atom. The molecule has 0 amide bonds. The second kappa shape index (κ2) is 4.00. The summed E-state index contributed by atoms with van der Waals surface area (Å²) in [5.74, 6) is 0.744. The number of nitrogens with zero attached hydrogens (tertiary/aromatic N) is 1. The van der Waals surface area contributed by atoms with E-state index >= 15 is 0 Å². The highest BCUT2D eigenvalue weighted by Gasteiger charge is 2.25. The van der Waals surface area contributed by atoms with Crippen molar-refractivity contribution in [3.8, 4) is 0 Å². The summed E-state index contributed by atoms with van der Waals surface area (Å²) in [4.78, 5) is 10.2. The van der Waals surface area contributed by atoms with Gasteiger partial charge in [0.2, 0.25) is 0 Å². The van der Waals surface area contributed by atoms with Crippen molar-refractivity contribution in [1.82, 2.24) is 0 Å². The molecule has 1 aliphatic rings. The minimum absolute atomic E-state index is 0.0369. The van der Waals surface area contributed by atoms with Crippen molar-refractivity contribution >= 4 is 17.1 Å². The van der Waals surface area contributed by atoms with Crippen molar-refractivity contribution in [3.63, 3.8) is 0 Å². The fourth-order valence-corrected chi connectivity index (χ4v) is 2.08. The molecule has 1 aliphatic carbocycles. The predicted molar refractivity (Wildman–Crippen MR) is 63.3 cm³/mol. The molecular formula is C11H15N3O2. The second-order valence-electron chi connectivity index (χ2n) is 4.49. The lowest BCUT2D eigenvalue weighted by Gasteiger charge is -2.34. The molecule has 1 fully saturated rings. The molecule has 0 unspecified atom stereocenters. The Labute approximate surface area is 93.8 Å². The molecule has 2 rings (SSSR count). The van der Waals surface area contributed by atoms with Crippen molar-refractivity contribution in [2.24, 2.45) is 5.92 Å². The van der Waals surface area contributed by atoms with Gasteiger partial charge in [0.1, 0.15) is 0 Å². The van der Waals surface area contributed by atoms with E-state index in [1.54, 1.807) is 6.07 Å². The normalized spacial score (nSPS) is 23.6. The Morgan fingerprint density at radius 1 is 1.44 bits per heavy atom. The highest BCUT2D eigenvalue weighted by Crippen LogP contribution is 2.31. The first-order valence-corrected chi connectivity index (χ1v) is 5.36. The number of hydrogen-bond acceptors (Lipinski definition) is 4. The minimum Gasteiger partial charge on any atom is -0.398 e. The maximum absolute atomic E-state index is 10.6. The molecule has 0 bridgehead atoms. The zero-order chi connectivity index (χ0) is 11.7. The monoisotopic (exact) mass is 221 g/mol. The molecule has 86 valence electrons. The highest BCUT2D eigenvalue weighted by atomic mass is 16.6. The molecule has 16 heavy (non-hydrogen) atoms. The van der Waals surface area contributed by atoms with Gasteiger partial charge in [-0.05, 0) is 24.8 Å². The predicted octanol–water partition coefficient (Wildman–Crippen LogP) is 2.39. The molecule has 0 saturated heterocycles. The van der Waals surface area contributed by atoms with Crippen LogP contribution in [0.15, 0.2) is 18.2 Å². The van der Waals surface area contributed by atoms with Gasteiger partial charge in [0, 0.05) is 29.5 Å². The first-order chi connectivity index (χ1) is 7.54. The standard InChI is InChI=1S/C11H15N3O2/c1-7-2-9(3-7)13-10-4-8(12)5-11(6-10)14(15)16/h4-7,9,13H,2-3,12H2,1H3. The van der Waals surface area contributed by atoms with Crippen molar-refractivity contribution < 1.29 is 4.92 Å². The smallest absolute Gasteiger partial charge is 0.273 e. The van der Waals surface area contributed by atoms with E-state index in [9.17, 15) is 10.1 Å². The highest BCUT2D eigenvalue weighted by molar-refractivity contribution is 5.61. The third kappa shape index (κ3) is 2.24. The first kappa shape index (κ1) is 10.7. The van der Waals surface area contributed by atoms with Gasteiger partial charge in [0.25, 0.3) is 5.69 Å². The summed E-state index contributed by atoms with van der Waals surface area (Å²) in [6, 6.07) is 5.06. The van der Waals surface area contributed by atoms with Crippen LogP contribution in [-0.2, 0) is 0 Å². The zero-order valence-corrected chi connectivity index (χ0v) is 9.14. The third-order valence-corrected chi connectivity index (χ3v) is 2.90. The average Bonchev–Trinajstić information content (AvgIpc) is 2.14. The summed E-state index contributed by atoms with van der Waals surface area (Å²) in [5.41, 5.74) is 6.81. The van der Waals surface area contributed by atoms with Crippen molar-refractivity contribution in [2.45, 2.75) is 25.8 Å². The maximum Gasteiger partial charge on any atom is 0.273 e. The molecule has 5 heteroatoms. The molecule has 1 aromatic carbocycles. The fraction of sp³-hybridized carbons (Fsp3) is 0.455. The average molecular weight is 221 g/mol. The van der Waals surface area contributed by atoms with Crippen LogP contribution in [0.25, 0.3) is 0 Å². The van der Waals surface area contributed by atoms with E-state index in [-0.39, 0.29) is 5.69 Å². The van der Waals surface area contributed by atoms with E-state index in [2.05, 4.69) is 12.2 Å². The lowest BCUT2D eigenvalue weighted by Crippen LogP contribution is -2.33. The van der Waals surface area contributed by atoms with E-state index in [1.807, 2.05) is 0 Å². The topological polar surface area (TPSA) is 81.2 Å². The van der Waals surface area contributed by atoms with Gasteiger partial charge in [-0.1, -0.05) is 6.92 Å². The van der Waals surface area contributed by atoms with Crippen LogP contribution in [0, 0.1) is 16.0 Å². The molecule has 0 aromatic heterocycles. The number of anilines is 2. The molecular weight excluding hydrogens is 206 g/mol. The van der Waals surface area contributed by atoms with E-state index in [4.69, 9.17) is 5.73 Å². The summed E-state index contributed by atoms with van der Waals surface area (Å²) >= 11 is 0. The SMILES string of the molecule is CC1CC(Nc2cc(N)cc([N+](=O)[O-])c2)C1. The number of nitro benzene ring substituents is 1. The number of nitrogen functional groups attached to an aromatic ring is 1. The van der Waals surface area contributed by atoms with Crippen LogP contribution in [0.2, 0.25) is 0 Å². The summed E-state index contributed by atoms with van der Waals surface area (Å²) in [7, 11) is 0.